The normalized spacial score (nSPS) is 22.4. The molecule has 0 saturated heterocycles. The number of rotatable bonds is 10. The standard InChI is InChI=1S/C36H38F8O/c1-2-3-4-5-21-6-8-22(9-7-21)23-10-12-24(13-11-23)25-14-15-28(29(37)16-25)26-17-30(38)34(31(39)18-26)36(43,44)45-27-19-32(40)35(42)33(41)20-27/h14-24H,2-13H2,1H3. The van der Waals surface area contributed by atoms with Gasteiger partial charge in [0.15, 0.2) is 17.5 Å². The second-order valence-electron chi connectivity index (χ2n) is 12.8. The molecule has 0 aliphatic heterocycles. The second kappa shape index (κ2) is 14.1. The zero-order chi connectivity index (χ0) is 32.3. The summed E-state index contributed by atoms with van der Waals surface area (Å²) in [5.74, 6) is -8.49. The Labute approximate surface area is 259 Å². The molecule has 5 rings (SSSR count). The van der Waals surface area contributed by atoms with E-state index in [0.29, 0.717) is 18.1 Å². The summed E-state index contributed by atoms with van der Waals surface area (Å²) in [6.45, 7) is 2.23. The van der Waals surface area contributed by atoms with Crippen molar-refractivity contribution in [2.45, 2.75) is 96.0 Å². The van der Waals surface area contributed by atoms with Crippen LogP contribution in [0.2, 0.25) is 0 Å². The van der Waals surface area contributed by atoms with Crippen LogP contribution in [-0.2, 0) is 6.11 Å². The lowest BCUT2D eigenvalue weighted by molar-refractivity contribution is -0.189. The molecule has 3 aromatic carbocycles. The summed E-state index contributed by atoms with van der Waals surface area (Å²) in [4.78, 5) is 0. The Balaban J connectivity index is 1.22. The van der Waals surface area contributed by atoms with Gasteiger partial charge in [-0.25, -0.2) is 26.3 Å². The third kappa shape index (κ3) is 7.66. The van der Waals surface area contributed by atoms with Crippen LogP contribution in [0.25, 0.3) is 11.1 Å². The van der Waals surface area contributed by atoms with E-state index >= 15 is 4.39 Å². The molecular formula is C36H38F8O. The van der Waals surface area contributed by atoms with Crippen LogP contribution >= 0.6 is 0 Å². The maximum Gasteiger partial charge on any atom is 0.432 e. The van der Waals surface area contributed by atoms with Crippen molar-refractivity contribution in [1.29, 1.82) is 0 Å². The van der Waals surface area contributed by atoms with Crippen molar-refractivity contribution in [3.8, 4) is 16.9 Å². The highest BCUT2D eigenvalue weighted by Gasteiger charge is 2.42. The third-order valence-electron chi connectivity index (χ3n) is 9.86. The van der Waals surface area contributed by atoms with Crippen molar-refractivity contribution >= 4 is 0 Å². The Morgan fingerprint density at radius 3 is 1.80 bits per heavy atom. The SMILES string of the molecule is CCCCCC1CCC(C2CCC(c3ccc(-c4cc(F)c(C(F)(F)Oc5cc(F)c(F)c(F)c5)c(F)c4)c(F)c3)CC2)CC1. The van der Waals surface area contributed by atoms with Crippen LogP contribution < -0.4 is 4.74 Å². The summed E-state index contributed by atoms with van der Waals surface area (Å²) >= 11 is 0. The Hall–Kier alpha value is -3.10. The van der Waals surface area contributed by atoms with Crippen molar-refractivity contribution in [2.24, 2.45) is 17.8 Å². The summed E-state index contributed by atoms with van der Waals surface area (Å²) in [6.07, 6.45) is 9.81. The van der Waals surface area contributed by atoms with Crippen LogP contribution in [0.4, 0.5) is 35.1 Å². The Kier molecular flexibility index (Phi) is 10.4. The molecule has 2 saturated carbocycles. The summed E-state index contributed by atoms with van der Waals surface area (Å²) in [5, 5.41) is 0. The van der Waals surface area contributed by atoms with Crippen LogP contribution in [0.1, 0.15) is 101 Å². The smallest absolute Gasteiger partial charge is 0.429 e. The van der Waals surface area contributed by atoms with Gasteiger partial charge in [-0.15, -0.1) is 0 Å². The first-order valence-electron chi connectivity index (χ1n) is 16.0. The maximum atomic E-state index is 15.3. The van der Waals surface area contributed by atoms with E-state index in [9.17, 15) is 30.7 Å². The van der Waals surface area contributed by atoms with Gasteiger partial charge in [0, 0.05) is 17.7 Å². The van der Waals surface area contributed by atoms with Gasteiger partial charge < -0.3 is 4.74 Å². The average molecular weight is 639 g/mol. The molecular weight excluding hydrogens is 600 g/mol. The molecule has 1 nitrogen and oxygen atoms in total. The summed E-state index contributed by atoms with van der Waals surface area (Å²) in [6, 6.07) is 5.79. The first kappa shape index (κ1) is 33.3. The number of ether oxygens (including phenoxy) is 1. The van der Waals surface area contributed by atoms with Gasteiger partial charge in [0.25, 0.3) is 0 Å². The third-order valence-corrected chi connectivity index (χ3v) is 9.86. The first-order chi connectivity index (χ1) is 21.5. The Bertz CT molecular complexity index is 1430. The van der Waals surface area contributed by atoms with Gasteiger partial charge >= 0.3 is 6.11 Å². The van der Waals surface area contributed by atoms with E-state index in [1.807, 2.05) is 0 Å². The monoisotopic (exact) mass is 638 g/mol. The van der Waals surface area contributed by atoms with Crippen molar-refractivity contribution in [2.75, 3.05) is 0 Å². The van der Waals surface area contributed by atoms with E-state index in [0.717, 1.165) is 43.1 Å². The highest BCUT2D eigenvalue weighted by molar-refractivity contribution is 5.65. The molecule has 0 N–H and O–H groups in total. The molecule has 0 heterocycles. The Morgan fingerprint density at radius 2 is 1.24 bits per heavy atom. The van der Waals surface area contributed by atoms with Crippen LogP contribution in [0.15, 0.2) is 42.5 Å². The van der Waals surface area contributed by atoms with Crippen molar-refractivity contribution in [3.63, 3.8) is 0 Å². The summed E-state index contributed by atoms with van der Waals surface area (Å²) in [7, 11) is 0. The predicted molar refractivity (Wildman–Crippen MR) is 157 cm³/mol. The molecule has 2 aliphatic rings. The molecule has 0 spiro atoms. The van der Waals surface area contributed by atoms with Gasteiger partial charge in [-0.1, -0.05) is 57.6 Å². The average Bonchev–Trinajstić information content (AvgIpc) is 2.99. The fraction of sp³-hybridized carbons (Fsp3) is 0.500. The Morgan fingerprint density at radius 1 is 0.667 bits per heavy atom. The van der Waals surface area contributed by atoms with Crippen LogP contribution in [-0.4, -0.2) is 0 Å². The molecule has 0 bridgehead atoms. The molecule has 0 radical (unpaired) electrons. The lowest BCUT2D eigenvalue weighted by atomic mass is 9.68. The molecule has 9 heteroatoms. The van der Waals surface area contributed by atoms with Gasteiger partial charge in [-0.2, -0.15) is 8.78 Å². The molecule has 2 fully saturated rings. The van der Waals surface area contributed by atoms with E-state index < -0.39 is 52.3 Å². The minimum atomic E-state index is -4.72. The fourth-order valence-corrected chi connectivity index (χ4v) is 7.37. The predicted octanol–water partition coefficient (Wildman–Crippen LogP) is 12.0. The number of alkyl halides is 2. The number of halogens is 8. The molecule has 3 aromatic rings. The quantitative estimate of drug-likeness (QED) is 0.122. The van der Waals surface area contributed by atoms with E-state index in [1.54, 1.807) is 6.07 Å². The molecule has 45 heavy (non-hydrogen) atoms. The molecule has 244 valence electrons. The van der Waals surface area contributed by atoms with E-state index in [2.05, 4.69) is 11.7 Å². The minimum absolute atomic E-state index is 0.125. The fourth-order valence-electron chi connectivity index (χ4n) is 7.37. The lowest BCUT2D eigenvalue weighted by Gasteiger charge is -2.38. The van der Waals surface area contributed by atoms with Crippen LogP contribution in [0, 0.1) is 52.7 Å². The lowest BCUT2D eigenvalue weighted by Crippen LogP contribution is -2.25. The molecule has 0 aromatic heterocycles. The topological polar surface area (TPSA) is 9.23 Å². The van der Waals surface area contributed by atoms with E-state index in [1.165, 1.54) is 63.5 Å². The van der Waals surface area contributed by atoms with Gasteiger partial charge in [0.1, 0.15) is 28.8 Å². The molecule has 0 unspecified atom stereocenters. The second-order valence-corrected chi connectivity index (χ2v) is 12.8. The number of unbranched alkanes of at least 4 members (excludes halogenated alkanes) is 2. The van der Waals surface area contributed by atoms with Gasteiger partial charge in [0.05, 0.1) is 0 Å². The van der Waals surface area contributed by atoms with Crippen LogP contribution in [0.5, 0.6) is 5.75 Å². The van der Waals surface area contributed by atoms with Gasteiger partial charge in [0.2, 0.25) is 0 Å². The summed E-state index contributed by atoms with van der Waals surface area (Å²) < 4.78 is 119. The van der Waals surface area contributed by atoms with Gasteiger partial charge in [-0.3, -0.25) is 0 Å². The maximum absolute atomic E-state index is 15.3. The zero-order valence-corrected chi connectivity index (χ0v) is 25.3. The molecule has 0 amide bonds. The highest BCUT2D eigenvalue weighted by Crippen LogP contribution is 2.45. The summed E-state index contributed by atoms with van der Waals surface area (Å²) in [5.41, 5.74) is -1.51. The van der Waals surface area contributed by atoms with Crippen molar-refractivity contribution < 1.29 is 39.9 Å². The first-order valence-corrected chi connectivity index (χ1v) is 16.0. The number of hydrogen-bond donors (Lipinski definition) is 0. The number of hydrogen-bond acceptors (Lipinski definition) is 1. The van der Waals surface area contributed by atoms with Crippen molar-refractivity contribution in [3.05, 3.63) is 88.5 Å². The van der Waals surface area contributed by atoms with Crippen molar-refractivity contribution in [1.82, 2.24) is 0 Å². The zero-order valence-electron chi connectivity index (χ0n) is 25.3. The van der Waals surface area contributed by atoms with Gasteiger partial charge in [-0.05, 0) is 91.5 Å². The highest BCUT2D eigenvalue weighted by atomic mass is 19.3. The molecule has 2 aliphatic carbocycles. The van der Waals surface area contributed by atoms with Crippen LogP contribution in [0.3, 0.4) is 0 Å². The number of benzene rings is 3. The molecule has 0 atom stereocenters. The van der Waals surface area contributed by atoms with E-state index in [4.69, 9.17) is 0 Å². The van der Waals surface area contributed by atoms with E-state index in [-0.39, 0.29) is 29.2 Å². The largest absolute Gasteiger partial charge is 0.432 e. The minimum Gasteiger partial charge on any atom is -0.429 e.